The zero-order chi connectivity index (χ0) is 20.1. The number of carbonyl (C=O) groups is 2. The van der Waals surface area contributed by atoms with Crippen molar-refractivity contribution < 1.29 is 9.59 Å². The maximum Gasteiger partial charge on any atom is 0.257 e. The quantitative estimate of drug-likeness (QED) is 0.581. The third-order valence-electron chi connectivity index (χ3n) is 4.79. The predicted molar refractivity (Wildman–Crippen MR) is 117 cm³/mol. The van der Waals surface area contributed by atoms with E-state index in [0.29, 0.717) is 23.7 Å². The molecule has 1 aliphatic heterocycles. The average molecular weight is 427 g/mol. The molecule has 0 atom stereocenters. The lowest BCUT2D eigenvalue weighted by Crippen LogP contribution is -2.29. The lowest BCUT2D eigenvalue weighted by molar-refractivity contribution is -0.127. The molecule has 0 radical (unpaired) electrons. The van der Waals surface area contributed by atoms with E-state index in [-0.39, 0.29) is 11.8 Å². The summed E-state index contributed by atoms with van der Waals surface area (Å²) in [4.78, 5) is 29.2. The zero-order valence-corrected chi connectivity index (χ0v) is 17.5. The van der Waals surface area contributed by atoms with Crippen molar-refractivity contribution in [3.8, 4) is 0 Å². The summed E-state index contributed by atoms with van der Waals surface area (Å²) in [5, 5.41) is 9.30. The first kappa shape index (κ1) is 19.7. The molecular weight excluding hydrogens is 404 g/mol. The summed E-state index contributed by atoms with van der Waals surface area (Å²) in [7, 11) is 0. The molecule has 1 saturated heterocycles. The van der Waals surface area contributed by atoms with Crippen LogP contribution in [0.4, 0.5) is 5.82 Å². The number of carbonyl (C=O) groups excluding carboxylic acids is 2. The highest BCUT2D eigenvalue weighted by Crippen LogP contribution is 2.25. The fourth-order valence-corrected chi connectivity index (χ4v) is 4.91. The van der Waals surface area contributed by atoms with Crippen molar-refractivity contribution in [2.75, 3.05) is 24.2 Å². The van der Waals surface area contributed by atoms with Crippen molar-refractivity contribution >= 4 is 40.7 Å². The number of thiophene rings is 1. The first-order chi connectivity index (χ1) is 14.2. The van der Waals surface area contributed by atoms with Crippen molar-refractivity contribution in [3.63, 3.8) is 0 Å². The highest BCUT2D eigenvalue weighted by Gasteiger charge is 2.19. The lowest BCUT2D eigenvalue weighted by atomic mass is 10.2. The van der Waals surface area contributed by atoms with Gasteiger partial charge >= 0.3 is 0 Å². The number of thioether (sulfide) groups is 1. The highest BCUT2D eigenvalue weighted by atomic mass is 32.2. The third kappa shape index (κ3) is 4.89. The Morgan fingerprint density at radius 1 is 1.10 bits per heavy atom. The van der Waals surface area contributed by atoms with Crippen LogP contribution in [0.15, 0.2) is 58.9 Å². The van der Waals surface area contributed by atoms with Crippen LogP contribution in [0.5, 0.6) is 0 Å². The Hall–Kier alpha value is -2.58. The van der Waals surface area contributed by atoms with Gasteiger partial charge in [0.1, 0.15) is 5.82 Å². The van der Waals surface area contributed by atoms with Gasteiger partial charge in [-0.05, 0) is 36.4 Å². The standard InChI is InChI=1S/C21H22N4O2S2/c26-20(24-11-3-4-12-24)15-29-18-8-2-1-7-17(18)21(27)23-19-9-10-22-25(19)14-16-6-5-13-28-16/h1-2,5-10,13H,3-4,11-12,14-15H2,(H,23,27). The number of rotatable bonds is 7. The van der Waals surface area contributed by atoms with E-state index in [1.54, 1.807) is 34.3 Å². The van der Waals surface area contributed by atoms with Gasteiger partial charge in [0.25, 0.3) is 5.91 Å². The maximum atomic E-state index is 12.9. The highest BCUT2D eigenvalue weighted by molar-refractivity contribution is 8.00. The van der Waals surface area contributed by atoms with E-state index in [0.717, 1.165) is 30.8 Å². The Kier molecular flexibility index (Phi) is 6.31. The first-order valence-electron chi connectivity index (χ1n) is 9.56. The molecule has 6 nitrogen and oxygen atoms in total. The Balaban J connectivity index is 1.43. The molecule has 29 heavy (non-hydrogen) atoms. The molecule has 1 N–H and O–H groups in total. The number of hydrogen-bond donors (Lipinski definition) is 1. The normalized spacial score (nSPS) is 13.6. The van der Waals surface area contributed by atoms with E-state index in [4.69, 9.17) is 0 Å². The molecule has 2 amide bonds. The average Bonchev–Trinajstić information content (AvgIpc) is 3.50. The fraction of sp³-hybridized carbons (Fsp3) is 0.286. The minimum absolute atomic E-state index is 0.136. The molecule has 4 rings (SSSR count). The van der Waals surface area contributed by atoms with Crippen LogP contribution in [-0.2, 0) is 11.3 Å². The van der Waals surface area contributed by atoms with E-state index in [1.165, 1.54) is 16.6 Å². The van der Waals surface area contributed by atoms with Crippen LogP contribution in [0.1, 0.15) is 28.1 Å². The predicted octanol–water partition coefficient (Wildman–Crippen LogP) is 3.96. The summed E-state index contributed by atoms with van der Waals surface area (Å²) >= 11 is 3.07. The van der Waals surface area contributed by atoms with Crippen LogP contribution < -0.4 is 5.32 Å². The molecule has 8 heteroatoms. The number of anilines is 1. The van der Waals surface area contributed by atoms with Gasteiger partial charge in [-0.15, -0.1) is 23.1 Å². The Morgan fingerprint density at radius 3 is 2.72 bits per heavy atom. The van der Waals surface area contributed by atoms with Gasteiger partial charge in [0.2, 0.25) is 5.91 Å². The molecule has 1 aliphatic rings. The van der Waals surface area contributed by atoms with Crippen LogP contribution >= 0.6 is 23.1 Å². The van der Waals surface area contributed by atoms with Crippen molar-refractivity contribution in [2.24, 2.45) is 0 Å². The van der Waals surface area contributed by atoms with Crippen molar-refractivity contribution in [1.82, 2.24) is 14.7 Å². The summed E-state index contributed by atoms with van der Waals surface area (Å²) in [5.41, 5.74) is 0.565. The maximum absolute atomic E-state index is 12.9. The van der Waals surface area contributed by atoms with Gasteiger partial charge in [0, 0.05) is 28.9 Å². The number of nitrogens with zero attached hydrogens (tertiary/aromatic N) is 3. The Morgan fingerprint density at radius 2 is 1.93 bits per heavy atom. The van der Waals surface area contributed by atoms with E-state index >= 15 is 0 Å². The second-order valence-electron chi connectivity index (χ2n) is 6.78. The molecule has 0 unspecified atom stereocenters. The molecule has 1 fully saturated rings. The number of benzene rings is 1. The number of amides is 2. The topological polar surface area (TPSA) is 67.2 Å². The first-order valence-corrected chi connectivity index (χ1v) is 11.4. The zero-order valence-electron chi connectivity index (χ0n) is 15.9. The molecule has 1 aromatic carbocycles. The molecule has 0 saturated carbocycles. The minimum atomic E-state index is -0.199. The second kappa shape index (κ2) is 9.28. The molecule has 150 valence electrons. The number of likely N-dealkylation sites (tertiary alicyclic amines) is 1. The molecule has 0 aliphatic carbocycles. The van der Waals surface area contributed by atoms with Crippen LogP contribution in [0.2, 0.25) is 0 Å². The van der Waals surface area contributed by atoms with Crippen LogP contribution in [0.3, 0.4) is 0 Å². The van der Waals surface area contributed by atoms with Gasteiger partial charge in [-0.3, -0.25) is 9.59 Å². The summed E-state index contributed by atoms with van der Waals surface area (Å²) in [6.07, 6.45) is 3.84. The number of aromatic nitrogens is 2. The van der Waals surface area contributed by atoms with Crippen molar-refractivity contribution in [2.45, 2.75) is 24.3 Å². The molecule has 0 bridgehead atoms. The fourth-order valence-electron chi connectivity index (χ4n) is 3.28. The van der Waals surface area contributed by atoms with E-state index in [9.17, 15) is 9.59 Å². The van der Waals surface area contributed by atoms with E-state index < -0.39 is 0 Å². The molecule has 3 aromatic rings. The van der Waals surface area contributed by atoms with E-state index in [2.05, 4.69) is 10.4 Å². The summed E-state index contributed by atoms with van der Waals surface area (Å²) < 4.78 is 1.77. The third-order valence-corrected chi connectivity index (χ3v) is 6.70. The SMILES string of the molecule is O=C(Nc1ccnn1Cc1cccs1)c1ccccc1SCC(=O)N1CCCC1. The van der Waals surface area contributed by atoms with Gasteiger partial charge in [-0.25, -0.2) is 4.68 Å². The van der Waals surface area contributed by atoms with Gasteiger partial charge < -0.3 is 10.2 Å². The summed E-state index contributed by atoms with van der Waals surface area (Å²) in [5.74, 6) is 0.934. The van der Waals surface area contributed by atoms with Gasteiger partial charge in [-0.2, -0.15) is 5.10 Å². The summed E-state index contributed by atoms with van der Waals surface area (Å²) in [6, 6.07) is 13.2. The van der Waals surface area contributed by atoms with Crippen LogP contribution in [-0.4, -0.2) is 45.3 Å². The molecule has 2 aromatic heterocycles. The van der Waals surface area contributed by atoms with Gasteiger partial charge in [0.15, 0.2) is 0 Å². The number of nitrogens with one attached hydrogen (secondary N) is 1. The largest absolute Gasteiger partial charge is 0.342 e. The Labute approximate surface area is 177 Å². The Bertz CT molecular complexity index is 978. The monoisotopic (exact) mass is 426 g/mol. The molecular formula is C21H22N4O2S2. The van der Waals surface area contributed by atoms with Crippen LogP contribution in [0, 0.1) is 0 Å². The molecule has 0 spiro atoms. The van der Waals surface area contributed by atoms with Gasteiger partial charge in [-0.1, -0.05) is 18.2 Å². The van der Waals surface area contributed by atoms with Crippen molar-refractivity contribution in [1.29, 1.82) is 0 Å². The lowest BCUT2D eigenvalue weighted by Gasteiger charge is -2.15. The van der Waals surface area contributed by atoms with Crippen molar-refractivity contribution in [3.05, 3.63) is 64.5 Å². The van der Waals surface area contributed by atoms with E-state index in [1.807, 2.05) is 40.6 Å². The smallest absolute Gasteiger partial charge is 0.257 e. The second-order valence-corrected chi connectivity index (χ2v) is 8.83. The number of hydrogen-bond acceptors (Lipinski definition) is 5. The summed E-state index contributed by atoms with van der Waals surface area (Å²) in [6.45, 7) is 2.30. The molecule has 3 heterocycles. The minimum Gasteiger partial charge on any atom is -0.342 e. The van der Waals surface area contributed by atoms with Gasteiger partial charge in [0.05, 0.1) is 24.1 Å². The van der Waals surface area contributed by atoms with Crippen LogP contribution in [0.25, 0.3) is 0 Å².